The van der Waals surface area contributed by atoms with Crippen molar-refractivity contribution >= 4 is 12.0 Å². The summed E-state index contributed by atoms with van der Waals surface area (Å²) >= 11 is 0. The van der Waals surface area contributed by atoms with Gasteiger partial charge in [-0.15, -0.1) is 0 Å². The highest BCUT2D eigenvalue weighted by atomic mass is 16.6. The van der Waals surface area contributed by atoms with Gasteiger partial charge in [0.15, 0.2) is 0 Å². The minimum atomic E-state index is -0.797. The molecule has 6 heteroatoms. The maximum Gasteiger partial charge on any atom is 0.408 e. The molecule has 138 valence electrons. The number of nitrogens with one attached hydrogen (secondary N) is 2. The molecule has 0 fully saturated rings. The molecule has 1 aromatic rings. The fourth-order valence-corrected chi connectivity index (χ4v) is 2.98. The highest BCUT2D eigenvalue weighted by molar-refractivity contribution is 5.86. The van der Waals surface area contributed by atoms with Crippen LogP contribution in [-0.2, 0) is 20.7 Å². The molecule has 25 heavy (non-hydrogen) atoms. The molecule has 0 unspecified atom stereocenters. The third kappa shape index (κ3) is 5.74. The highest BCUT2D eigenvalue weighted by Crippen LogP contribution is 2.29. The summed E-state index contributed by atoms with van der Waals surface area (Å²) in [5.74, 6) is -0.269. The molecule has 1 aliphatic rings. The van der Waals surface area contributed by atoms with Crippen molar-refractivity contribution in [2.45, 2.75) is 57.7 Å². The quantitative estimate of drug-likeness (QED) is 0.858. The number of rotatable bonds is 5. The van der Waals surface area contributed by atoms with Gasteiger partial charge >= 0.3 is 6.09 Å². The topological polar surface area (TPSA) is 76.7 Å². The third-order valence-corrected chi connectivity index (χ3v) is 4.03. The van der Waals surface area contributed by atoms with Crippen LogP contribution in [0.4, 0.5) is 4.79 Å². The maximum atomic E-state index is 12.7. The first-order chi connectivity index (χ1) is 11.8. The van der Waals surface area contributed by atoms with Crippen LogP contribution >= 0.6 is 0 Å². The van der Waals surface area contributed by atoms with Gasteiger partial charge in [-0.3, -0.25) is 4.79 Å². The van der Waals surface area contributed by atoms with Crippen LogP contribution < -0.4 is 10.6 Å². The molecule has 1 aliphatic carbocycles. The number of carbonyl (C=O) groups is 2. The molecule has 0 bridgehead atoms. The molecule has 2 rings (SSSR count). The van der Waals surface area contributed by atoms with E-state index in [1.807, 2.05) is 18.2 Å². The van der Waals surface area contributed by atoms with Gasteiger partial charge in [0, 0.05) is 7.11 Å². The highest BCUT2D eigenvalue weighted by Gasteiger charge is 2.28. The normalized spacial score (nSPS) is 18.0. The van der Waals surface area contributed by atoms with Gasteiger partial charge in [0.25, 0.3) is 0 Å². The van der Waals surface area contributed by atoms with Crippen LogP contribution in [0.15, 0.2) is 24.3 Å². The van der Waals surface area contributed by atoms with Gasteiger partial charge in [-0.25, -0.2) is 4.79 Å². The number of methoxy groups -OCH3 is 1. The van der Waals surface area contributed by atoms with Crippen LogP contribution in [0.25, 0.3) is 0 Å². The average Bonchev–Trinajstić information content (AvgIpc) is 2.53. The Bertz CT molecular complexity index is 610. The Morgan fingerprint density at radius 2 is 2.00 bits per heavy atom. The Balaban J connectivity index is 2.02. The maximum absolute atomic E-state index is 12.7. The van der Waals surface area contributed by atoms with Crippen LogP contribution in [-0.4, -0.2) is 37.4 Å². The van der Waals surface area contributed by atoms with Gasteiger partial charge in [-0.05, 0) is 51.2 Å². The number of carbonyl (C=O) groups excluding carboxylic acids is 2. The van der Waals surface area contributed by atoms with Gasteiger partial charge in [-0.1, -0.05) is 24.3 Å². The Labute approximate surface area is 149 Å². The first-order valence-electron chi connectivity index (χ1n) is 8.67. The van der Waals surface area contributed by atoms with Crippen molar-refractivity contribution < 1.29 is 19.1 Å². The zero-order valence-corrected chi connectivity index (χ0v) is 15.4. The van der Waals surface area contributed by atoms with E-state index in [2.05, 4.69) is 16.7 Å². The van der Waals surface area contributed by atoms with Gasteiger partial charge in [-0.2, -0.15) is 0 Å². The first kappa shape index (κ1) is 19.2. The molecule has 2 N–H and O–H groups in total. The van der Waals surface area contributed by atoms with Gasteiger partial charge in [0.2, 0.25) is 5.91 Å². The van der Waals surface area contributed by atoms with Crippen molar-refractivity contribution in [1.82, 2.24) is 10.6 Å². The minimum absolute atomic E-state index is 0.0442. The lowest BCUT2D eigenvalue weighted by Crippen LogP contribution is -2.51. The second-order valence-electron chi connectivity index (χ2n) is 7.31. The summed E-state index contributed by atoms with van der Waals surface area (Å²) in [6.07, 6.45) is 2.31. The van der Waals surface area contributed by atoms with E-state index in [9.17, 15) is 9.59 Å². The number of ether oxygens (including phenoxy) is 2. The Hall–Kier alpha value is -2.08. The van der Waals surface area contributed by atoms with Crippen LogP contribution in [0.3, 0.4) is 0 Å². The van der Waals surface area contributed by atoms with Crippen LogP contribution in [0.5, 0.6) is 0 Å². The fourth-order valence-electron chi connectivity index (χ4n) is 2.98. The molecule has 0 radical (unpaired) electrons. The predicted molar refractivity (Wildman–Crippen MR) is 95.3 cm³/mol. The molecule has 2 amide bonds. The van der Waals surface area contributed by atoms with E-state index in [1.54, 1.807) is 20.8 Å². The molecule has 0 spiro atoms. The second kappa shape index (κ2) is 8.34. The Kier molecular flexibility index (Phi) is 6.42. The third-order valence-electron chi connectivity index (χ3n) is 4.03. The van der Waals surface area contributed by atoms with E-state index in [0.29, 0.717) is 0 Å². The molecule has 0 aromatic heterocycles. The fraction of sp³-hybridized carbons (Fsp3) is 0.579. The summed E-state index contributed by atoms with van der Waals surface area (Å²) < 4.78 is 10.3. The van der Waals surface area contributed by atoms with Crippen LogP contribution in [0, 0.1) is 0 Å². The number of benzene rings is 1. The van der Waals surface area contributed by atoms with E-state index in [-0.39, 0.29) is 18.6 Å². The van der Waals surface area contributed by atoms with Gasteiger partial charge in [0.05, 0.1) is 12.6 Å². The number of hydrogen-bond donors (Lipinski definition) is 2. The lowest BCUT2D eigenvalue weighted by Gasteiger charge is -2.28. The first-order valence-corrected chi connectivity index (χ1v) is 8.67. The van der Waals surface area contributed by atoms with E-state index in [4.69, 9.17) is 9.47 Å². The average molecular weight is 348 g/mol. The number of hydrogen-bond acceptors (Lipinski definition) is 4. The van der Waals surface area contributed by atoms with Crippen molar-refractivity contribution in [2.24, 2.45) is 0 Å². The van der Waals surface area contributed by atoms with E-state index in [0.717, 1.165) is 24.8 Å². The molecule has 0 aliphatic heterocycles. The lowest BCUT2D eigenvalue weighted by atomic mass is 9.87. The Morgan fingerprint density at radius 3 is 2.68 bits per heavy atom. The Morgan fingerprint density at radius 1 is 1.28 bits per heavy atom. The van der Waals surface area contributed by atoms with Crippen molar-refractivity contribution in [3.05, 3.63) is 35.4 Å². The SMILES string of the molecule is COC[C@H](NC(=O)OC(C)(C)C)C(=O)N[C@@H]1CCCc2ccccc21. The minimum Gasteiger partial charge on any atom is -0.444 e. The van der Waals surface area contributed by atoms with Crippen LogP contribution in [0.2, 0.25) is 0 Å². The van der Waals surface area contributed by atoms with Gasteiger partial charge < -0.3 is 20.1 Å². The molecule has 1 aromatic carbocycles. The van der Waals surface area contributed by atoms with Crippen molar-refractivity contribution in [2.75, 3.05) is 13.7 Å². The van der Waals surface area contributed by atoms with Crippen LogP contribution in [0.1, 0.15) is 50.8 Å². The zero-order valence-electron chi connectivity index (χ0n) is 15.4. The van der Waals surface area contributed by atoms with E-state index in [1.165, 1.54) is 12.7 Å². The summed E-state index contributed by atoms with van der Waals surface area (Å²) in [5, 5.41) is 5.63. The molecule has 2 atom stereocenters. The predicted octanol–water partition coefficient (Wildman–Crippen LogP) is 2.72. The van der Waals surface area contributed by atoms with E-state index < -0.39 is 17.7 Å². The molecular formula is C19H28N2O4. The number of amides is 2. The summed E-state index contributed by atoms with van der Waals surface area (Å²) in [7, 11) is 1.49. The second-order valence-corrected chi connectivity index (χ2v) is 7.31. The molecule has 0 saturated carbocycles. The van der Waals surface area contributed by atoms with E-state index >= 15 is 0 Å². The molecule has 0 heterocycles. The van der Waals surface area contributed by atoms with Gasteiger partial charge in [0.1, 0.15) is 11.6 Å². The number of aryl methyl sites for hydroxylation is 1. The monoisotopic (exact) mass is 348 g/mol. The largest absolute Gasteiger partial charge is 0.444 e. The van der Waals surface area contributed by atoms with Crippen molar-refractivity contribution in [3.63, 3.8) is 0 Å². The number of fused-ring (bicyclic) bond motifs is 1. The number of alkyl carbamates (subject to hydrolysis) is 1. The smallest absolute Gasteiger partial charge is 0.408 e. The summed E-state index contributed by atoms with van der Waals surface area (Å²) in [6.45, 7) is 5.41. The molecule has 0 saturated heterocycles. The summed E-state index contributed by atoms with van der Waals surface area (Å²) in [4.78, 5) is 24.6. The molecule has 6 nitrogen and oxygen atoms in total. The molecular weight excluding hydrogens is 320 g/mol. The zero-order chi connectivity index (χ0) is 18.4. The summed E-state index contributed by atoms with van der Waals surface area (Å²) in [5.41, 5.74) is 1.79. The summed E-state index contributed by atoms with van der Waals surface area (Å²) in [6, 6.07) is 7.30. The standard InChI is InChI=1S/C19H28N2O4/c1-19(2,3)25-18(23)21-16(12-24-4)17(22)20-15-11-7-9-13-8-5-6-10-14(13)15/h5-6,8,10,15-16H,7,9,11-12H2,1-4H3,(H,20,22)(H,21,23)/t15-,16+/m1/s1. The van der Waals surface area contributed by atoms with Crippen molar-refractivity contribution in [3.8, 4) is 0 Å². The van der Waals surface area contributed by atoms with Crippen molar-refractivity contribution in [1.29, 1.82) is 0 Å². The lowest BCUT2D eigenvalue weighted by molar-refractivity contribution is -0.125.